The van der Waals surface area contributed by atoms with E-state index in [2.05, 4.69) is 22.6 Å². The standard InChI is InChI=1S/C13H9FINO3/c14-10-7-9(5-6-12(10)16(17)18)8-19-13-4-2-1-3-11(13)15/h1-7H,8H2. The molecular formula is C13H9FINO3. The molecule has 0 aliphatic heterocycles. The predicted octanol–water partition coefficient (Wildman–Crippen LogP) is 3.92. The third-order valence-corrected chi connectivity index (χ3v) is 3.33. The number of hydrogen-bond acceptors (Lipinski definition) is 3. The van der Waals surface area contributed by atoms with Gasteiger partial charge in [-0.05, 0) is 52.4 Å². The van der Waals surface area contributed by atoms with Gasteiger partial charge in [0.15, 0.2) is 0 Å². The van der Waals surface area contributed by atoms with Crippen LogP contribution in [0, 0.1) is 19.5 Å². The molecule has 0 unspecified atom stereocenters. The minimum atomic E-state index is -0.853. The second-order valence-electron chi connectivity index (χ2n) is 3.76. The molecule has 0 saturated carbocycles. The maximum atomic E-state index is 13.4. The minimum Gasteiger partial charge on any atom is -0.488 e. The number of nitro groups is 1. The van der Waals surface area contributed by atoms with Crippen molar-refractivity contribution in [2.75, 3.05) is 0 Å². The number of ether oxygens (including phenoxy) is 1. The van der Waals surface area contributed by atoms with Gasteiger partial charge in [-0.25, -0.2) is 0 Å². The molecule has 0 aliphatic rings. The molecule has 6 heteroatoms. The summed E-state index contributed by atoms with van der Waals surface area (Å²) in [7, 11) is 0. The minimum absolute atomic E-state index is 0.162. The van der Waals surface area contributed by atoms with Crippen LogP contribution in [-0.4, -0.2) is 4.92 Å². The molecule has 2 aromatic carbocycles. The van der Waals surface area contributed by atoms with Crippen molar-refractivity contribution in [3.63, 3.8) is 0 Å². The van der Waals surface area contributed by atoms with Crippen LogP contribution in [0.1, 0.15) is 5.56 Å². The Morgan fingerprint density at radius 3 is 2.63 bits per heavy atom. The third-order valence-electron chi connectivity index (χ3n) is 2.44. The summed E-state index contributed by atoms with van der Waals surface area (Å²) in [6.45, 7) is 0.162. The highest BCUT2D eigenvalue weighted by Crippen LogP contribution is 2.22. The Morgan fingerprint density at radius 1 is 1.26 bits per heavy atom. The fraction of sp³-hybridized carbons (Fsp3) is 0.0769. The molecule has 0 radical (unpaired) electrons. The van der Waals surface area contributed by atoms with Crippen molar-refractivity contribution in [3.8, 4) is 5.75 Å². The Labute approximate surface area is 122 Å². The SMILES string of the molecule is O=[N+]([O-])c1ccc(COc2ccccc2I)cc1F. The van der Waals surface area contributed by atoms with Gasteiger partial charge >= 0.3 is 5.69 Å². The molecule has 2 aromatic rings. The predicted molar refractivity (Wildman–Crippen MR) is 76.5 cm³/mol. The summed E-state index contributed by atoms with van der Waals surface area (Å²) < 4.78 is 19.9. The maximum absolute atomic E-state index is 13.4. The molecule has 0 saturated heterocycles. The van der Waals surface area contributed by atoms with Gasteiger partial charge < -0.3 is 4.74 Å². The van der Waals surface area contributed by atoms with Gasteiger partial charge in [-0.1, -0.05) is 12.1 Å². The zero-order valence-corrected chi connectivity index (χ0v) is 11.8. The molecule has 0 spiro atoms. The monoisotopic (exact) mass is 373 g/mol. The molecule has 0 heterocycles. The molecule has 0 atom stereocenters. The Kier molecular flexibility index (Phi) is 4.31. The topological polar surface area (TPSA) is 52.4 Å². The van der Waals surface area contributed by atoms with E-state index in [1.807, 2.05) is 24.3 Å². The van der Waals surface area contributed by atoms with Gasteiger partial charge in [-0.2, -0.15) is 4.39 Å². The van der Waals surface area contributed by atoms with E-state index in [1.54, 1.807) is 0 Å². The van der Waals surface area contributed by atoms with E-state index >= 15 is 0 Å². The Balaban J connectivity index is 2.11. The number of hydrogen-bond donors (Lipinski definition) is 0. The summed E-state index contributed by atoms with van der Waals surface area (Å²) in [6.07, 6.45) is 0. The molecule has 4 nitrogen and oxygen atoms in total. The Morgan fingerprint density at radius 2 is 2.00 bits per heavy atom. The number of para-hydroxylation sites is 1. The maximum Gasteiger partial charge on any atom is 0.304 e. The average molecular weight is 373 g/mol. The molecule has 19 heavy (non-hydrogen) atoms. The van der Waals surface area contributed by atoms with Crippen LogP contribution in [0.5, 0.6) is 5.75 Å². The summed E-state index contributed by atoms with van der Waals surface area (Å²) in [5, 5.41) is 10.5. The fourth-order valence-corrected chi connectivity index (χ4v) is 2.05. The molecule has 98 valence electrons. The number of nitrogens with zero attached hydrogens (tertiary/aromatic N) is 1. The first-order chi connectivity index (χ1) is 9.08. The quantitative estimate of drug-likeness (QED) is 0.464. The van der Waals surface area contributed by atoms with E-state index in [9.17, 15) is 14.5 Å². The largest absolute Gasteiger partial charge is 0.488 e. The molecule has 0 amide bonds. The fourth-order valence-electron chi connectivity index (χ4n) is 1.51. The van der Waals surface area contributed by atoms with Crippen molar-refractivity contribution >= 4 is 28.3 Å². The number of halogens is 2. The van der Waals surface area contributed by atoms with Gasteiger partial charge in [0.05, 0.1) is 8.49 Å². The van der Waals surface area contributed by atoms with E-state index < -0.39 is 16.4 Å². The first kappa shape index (κ1) is 13.7. The highest BCUT2D eigenvalue weighted by Gasteiger charge is 2.13. The van der Waals surface area contributed by atoms with E-state index in [-0.39, 0.29) is 6.61 Å². The van der Waals surface area contributed by atoms with Gasteiger partial charge in [0.25, 0.3) is 0 Å². The molecule has 0 N–H and O–H groups in total. The highest BCUT2D eigenvalue weighted by atomic mass is 127. The Hall–Kier alpha value is -1.70. The summed E-state index contributed by atoms with van der Waals surface area (Å²) in [4.78, 5) is 9.74. The second kappa shape index (κ2) is 5.96. The van der Waals surface area contributed by atoms with Crippen molar-refractivity contribution in [1.29, 1.82) is 0 Å². The van der Waals surface area contributed by atoms with E-state index in [4.69, 9.17) is 4.74 Å². The average Bonchev–Trinajstić information content (AvgIpc) is 2.37. The van der Waals surface area contributed by atoms with Crippen LogP contribution in [0.15, 0.2) is 42.5 Å². The number of nitro benzene ring substituents is 1. The lowest BCUT2D eigenvalue weighted by Crippen LogP contribution is -1.99. The van der Waals surface area contributed by atoms with Crippen molar-refractivity contribution in [3.05, 3.63) is 67.5 Å². The summed E-state index contributed by atoms with van der Waals surface area (Å²) in [6, 6.07) is 11.2. The van der Waals surface area contributed by atoms with Crippen LogP contribution in [-0.2, 0) is 6.61 Å². The number of rotatable bonds is 4. The first-order valence-corrected chi connectivity index (χ1v) is 6.46. The van der Waals surface area contributed by atoms with Crippen LogP contribution in [0.25, 0.3) is 0 Å². The zero-order valence-electron chi connectivity index (χ0n) is 9.68. The van der Waals surface area contributed by atoms with Crippen LogP contribution in [0.3, 0.4) is 0 Å². The van der Waals surface area contributed by atoms with Crippen LogP contribution in [0.2, 0.25) is 0 Å². The van der Waals surface area contributed by atoms with Gasteiger partial charge in [-0.15, -0.1) is 0 Å². The molecule has 0 aliphatic carbocycles. The van der Waals surface area contributed by atoms with Crippen LogP contribution in [0.4, 0.5) is 10.1 Å². The van der Waals surface area contributed by atoms with E-state index in [0.29, 0.717) is 11.3 Å². The van der Waals surface area contributed by atoms with Gasteiger partial charge in [0.2, 0.25) is 5.82 Å². The van der Waals surface area contributed by atoms with Gasteiger partial charge in [0.1, 0.15) is 12.4 Å². The van der Waals surface area contributed by atoms with E-state index in [0.717, 1.165) is 15.7 Å². The molecule has 0 fully saturated rings. The van der Waals surface area contributed by atoms with E-state index in [1.165, 1.54) is 6.07 Å². The molecule has 0 bridgehead atoms. The molecule has 0 aromatic heterocycles. The summed E-state index contributed by atoms with van der Waals surface area (Å²) in [5.74, 6) is -0.157. The van der Waals surface area contributed by atoms with Crippen molar-refractivity contribution in [2.24, 2.45) is 0 Å². The molecule has 2 rings (SSSR count). The molecular weight excluding hydrogens is 364 g/mol. The lowest BCUT2D eigenvalue weighted by molar-refractivity contribution is -0.387. The third kappa shape index (κ3) is 3.40. The summed E-state index contributed by atoms with van der Waals surface area (Å²) in [5.41, 5.74) is 0.0146. The second-order valence-corrected chi connectivity index (χ2v) is 4.92. The van der Waals surface area contributed by atoms with Crippen LogP contribution >= 0.6 is 22.6 Å². The van der Waals surface area contributed by atoms with Crippen molar-refractivity contribution in [2.45, 2.75) is 6.61 Å². The number of benzene rings is 2. The van der Waals surface area contributed by atoms with Gasteiger partial charge in [0, 0.05) is 6.07 Å². The van der Waals surface area contributed by atoms with Crippen molar-refractivity contribution < 1.29 is 14.1 Å². The summed E-state index contributed by atoms with van der Waals surface area (Å²) >= 11 is 2.14. The first-order valence-electron chi connectivity index (χ1n) is 5.38. The zero-order chi connectivity index (χ0) is 13.8. The lowest BCUT2D eigenvalue weighted by Gasteiger charge is -2.08. The Bertz CT molecular complexity index is 619. The normalized spacial score (nSPS) is 10.2. The van der Waals surface area contributed by atoms with Crippen LogP contribution < -0.4 is 4.74 Å². The highest BCUT2D eigenvalue weighted by molar-refractivity contribution is 14.1. The van der Waals surface area contributed by atoms with Crippen molar-refractivity contribution in [1.82, 2.24) is 0 Å². The van der Waals surface area contributed by atoms with Gasteiger partial charge in [-0.3, -0.25) is 10.1 Å². The lowest BCUT2D eigenvalue weighted by atomic mass is 10.2. The smallest absolute Gasteiger partial charge is 0.304 e.